The van der Waals surface area contributed by atoms with Crippen molar-refractivity contribution in [3.05, 3.63) is 62.6 Å². The number of carbonyl (C=O) groups excluding carboxylic acids is 1. The number of methoxy groups -OCH3 is 1. The Morgan fingerprint density at radius 1 is 1.26 bits per heavy atom. The minimum Gasteiger partial charge on any atom is -0.493 e. The highest BCUT2D eigenvalue weighted by molar-refractivity contribution is 9.10. The average Bonchev–Trinajstić information content (AvgIpc) is 2.76. The Bertz CT molecular complexity index is 1190. The van der Waals surface area contributed by atoms with Crippen LogP contribution in [0.15, 0.2) is 50.8 Å². The van der Waals surface area contributed by atoms with Gasteiger partial charge in [0.05, 0.1) is 24.2 Å². The number of hydrogen-bond acceptors (Lipinski definition) is 6. The second-order valence-electron chi connectivity index (χ2n) is 6.82. The van der Waals surface area contributed by atoms with Crippen molar-refractivity contribution in [1.82, 2.24) is 9.66 Å². The third-order valence-electron chi connectivity index (χ3n) is 4.51. The predicted molar refractivity (Wildman–Crippen MR) is 123 cm³/mol. The second-order valence-corrected chi connectivity index (χ2v) is 7.74. The fourth-order valence-corrected chi connectivity index (χ4v) is 3.33. The number of fused-ring (bicyclic) bond motifs is 1. The van der Waals surface area contributed by atoms with Crippen LogP contribution < -0.4 is 20.8 Å². The standard InChI is InChI=1S/C22H23BrN4O4/c1-3-4-5-21-26-17-8-7-15(23)11-16(17)22(29)27(21)25-12-14-6-9-18(19(10-14)30-2)31-13-20(24)28/h6-12H,3-5,13H2,1-2H3,(H2,24,28). The summed E-state index contributed by atoms with van der Waals surface area (Å²) in [5.74, 6) is 0.828. The van der Waals surface area contributed by atoms with Crippen LogP contribution in [0.25, 0.3) is 10.9 Å². The summed E-state index contributed by atoms with van der Waals surface area (Å²) in [6.07, 6.45) is 4.06. The normalized spacial score (nSPS) is 11.2. The Labute approximate surface area is 187 Å². The van der Waals surface area contributed by atoms with Gasteiger partial charge >= 0.3 is 0 Å². The number of unbranched alkanes of at least 4 members (excludes halogenated alkanes) is 1. The number of ether oxygens (including phenoxy) is 2. The van der Waals surface area contributed by atoms with E-state index in [0.717, 1.165) is 17.3 Å². The van der Waals surface area contributed by atoms with Gasteiger partial charge in [-0.2, -0.15) is 9.78 Å². The molecule has 1 amide bonds. The monoisotopic (exact) mass is 486 g/mol. The van der Waals surface area contributed by atoms with Gasteiger partial charge < -0.3 is 15.2 Å². The first-order chi connectivity index (χ1) is 14.9. The zero-order chi connectivity index (χ0) is 22.4. The van der Waals surface area contributed by atoms with Gasteiger partial charge in [-0.1, -0.05) is 29.3 Å². The first kappa shape index (κ1) is 22.5. The van der Waals surface area contributed by atoms with Crippen LogP contribution in [-0.2, 0) is 11.2 Å². The molecule has 0 spiro atoms. The first-order valence-electron chi connectivity index (χ1n) is 9.77. The van der Waals surface area contributed by atoms with Crippen molar-refractivity contribution in [2.45, 2.75) is 26.2 Å². The van der Waals surface area contributed by atoms with Gasteiger partial charge in [0.15, 0.2) is 18.1 Å². The number of benzene rings is 2. The van der Waals surface area contributed by atoms with Crippen molar-refractivity contribution in [3.63, 3.8) is 0 Å². The summed E-state index contributed by atoms with van der Waals surface area (Å²) in [6.45, 7) is 1.83. The Kier molecular flexibility index (Phi) is 7.41. The molecule has 0 aliphatic carbocycles. The number of aryl methyl sites for hydroxylation is 1. The molecule has 2 aromatic carbocycles. The minimum atomic E-state index is -0.581. The maximum atomic E-state index is 13.1. The van der Waals surface area contributed by atoms with Crippen LogP contribution in [0, 0.1) is 0 Å². The van der Waals surface area contributed by atoms with Gasteiger partial charge in [-0.15, -0.1) is 0 Å². The molecule has 0 radical (unpaired) electrons. The fraction of sp³-hybridized carbons (Fsp3) is 0.273. The number of nitrogens with two attached hydrogens (primary N) is 1. The van der Waals surface area contributed by atoms with Crippen LogP contribution in [0.2, 0.25) is 0 Å². The van der Waals surface area contributed by atoms with Crippen LogP contribution in [-0.4, -0.2) is 35.5 Å². The number of halogens is 1. The molecule has 9 heteroatoms. The molecule has 1 aromatic heterocycles. The lowest BCUT2D eigenvalue weighted by molar-refractivity contribution is -0.119. The van der Waals surface area contributed by atoms with E-state index in [0.29, 0.717) is 40.2 Å². The van der Waals surface area contributed by atoms with E-state index in [-0.39, 0.29) is 12.2 Å². The molecular weight excluding hydrogens is 464 g/mol. The van der Waals surface area contributed by atoms with Crippen LogP contribution in [0.4, 0.5) is 0 Å². The van der Waals surface area contributed by atoms with E-state index in [1.807, 2.05) is 12.1 Å². The zero-order valence-corrected chi connectivity index (χ0v) is 18.9. The van der Waals surface area contributed by atoms with E-state index < -0.39 is 5.91 Å². The SMILES string of the molecule is CCCCc1nc2ccc(Br)cc2c(=O)n1N=Cc1ccc(OCC(N)=O)c(OC)c1. The molecule has 0 aliphatic rings. The highest BCUT2D eigenvalue weighted by atomic mass is 79.9. The van der Waals surface area contributed by atoms with E-state index in [2.05, 4.69) is 32.9 Å². The van der Waals surface area contributed by atoms with Crippen molar-refractivity contribution < 1.29 is 14.3 Å². The number of rotatable bonds is 9. The van der Waals surface area contributed by atoms with Gasteiger partial charge in [-0.05, 0) is 48.4 Å². The lowest BCUT2D eigenvalue weighted by Gasteiger charge is -2.11. The van der Waals surface area contributed by atoms with Crippen LogP contribution in [0.5, 0.6) is 11.5 Å². The number of nitrogens with zero attached hydrogens (tertiary/aromatic N) is 3. The maximum absolute atomic E-state index is 13.1. The third-order valence-corrected chi connectivity index (χ3v) is 5.00. The van der Waals surface area contributed by atoms with Crippen LogP contribution in [0.1, 0.15) is 31.2 Å². The molecule has 0 fully saturated rings. The van der Waals surface area contributed by atoms with Crippen molar-refractivity contribution in [3.8, 4) is 11.5 Å². The average molecular weight is 487 g/mol. The molecule has 0 saturated carbocycles. The second kappa shape index (κ2) is 10.2. The number of hydrogen-bond donors (Lipinski definition) is 1. The van der Waals surface area contributed by atoms with E-state index in [9.17, 15) is 9.59 Å². The molecular formula is C22H23BrN4O4. The van der Waals surface area contributed by atoms with Gasteiger partial charge in [0.2, 0.25) is 0 Å². The highest BCUT2D eigenvalue weighted by Crippen LogP contribution is 2.27. The highest BCUT2D eigenvalue weighted by Gasteiger charge is 2.11. The predicted octanol–water partition coefficient (Wildman–Crippen LogP) is 3.26. The smallest absolute Gasteiger partial charge is 0.282 e. The number of aromatic nitrogens is 2. The van der Waals surface area contributed by atoms with Crippen LogP contribution >= 0.6 is 15.9 Å². The van der Waals surface area contributed by atoms with Gasteiger partial charge in [0.25, 0.3) is 11.5 Å². The Balaban J connectivity index is 2.00. The van der Waals surface area contributed by atoms with Gasteiger partial charge in [-0.25, -0.2) is 4.98 Å². The quantitative estimate of drug-likeness (QED) is 0.466. The molecule has 0 unspecified atom stereocenters. The van der Waals surface area contributed by atoms with Crippen molar-refractivity contribution >= 4 is 39.0 Å². The molecule has 1 heterocycles. The number of carbonyl (C=O) groups is 1. The Morgan fingerprint density at radius 3 is 2.77 bits per heavy atom. The lowest BCUT2D eigenvalue weighted by Crippen LogP contribution is -2.22. The summed E-state index contributed by atoms with van der Waals surface area (Å²) in [5.41, 5.74) is 6.21. The number of amides is 1. The summed E-state index contributed by atoms with van der Waals surface area (Å²) in [6, 6.07) is 10.5. The van der Waals surface area contributed by atoms with Gasteiger partial charge in [0, 0.05) is 10.9 Å². The molecule has 0 saturated heterocycles. The minimum absolute atomic E-state index is 0.234. The topological polar surface area (TPSA) is 109 Å². The largest absolute Gasteiger partial charge is 0.493 e. The van der Waals surface area contributed by atoms with E-state index >= 15 is 0 Å². The fourth-order valence-electron chi connectivity index (χ4n) is 2.97. The molecule has 2 N–H and O–H groups in total. The third kappa shape index (κ3) is 5.49. The van der Waals surface area contributed by atoms with Gasteiger partial charge in [0.1, 0.15) is 5.82 Å². The van der Waals surface area contributed by atoms with Gasteiger partial charge in [-0.3, -0.25) is 9.59 Å². The maximum Gasteiger partial charge on any atom is 0.282 e. The number of primary amides is 1. The van der Waals surface area contributed by atoms with E-state index in [1.165, 1.54) is 11.8 Å². The summed E-state index contributed by atoms with van der Waals surface area (Å²) in [5, 5.41) is 4.90. The molecule has 162 valence electrons. The summed E-state index contributed by atoms with van der Waals surface area (Å²) < 4.78 is 12.8. The molecule has 0 aliphatic heterocycles. The first-order valence-corrected chi connectivity index (χ1v) is 10.6. The lowest BCUT2D eigenvalue weighted by atomic mass is 10.2. The van der Waals surface area contributed by atoms with Crippen molar-refractivity contribution in [2.24, 2.45) is 10.8 Å². The molecule has 0 atom stereocenters. The zero-order valence-electron chi connectivity index (χ0n) is 17.3. The van der Waals surface area contributed by atoms with E-state index in [1.54, 1.807) is 30.5 Å². The summed E-state index contributed by atoms with van der Waals surface area (Å²) in [4.78, 5) is 28.7. The molecule has 3 aromatic rings. The molecule has 0 bridgehead atoms. The Hall–Kier alpha value is -3.20. The summed E-state index contributed by atoms with van der Waals surface area (Å²) in [7, 11) is 1.49. The molecule has 31 heavy (non-hydrogen) atoms. The van der Waals surface area contributed by atoms with Crippen molar-refractivity contribution in [1.29, 1.82) is 0 Å². The van der Waals surface area contributed by atoms with E-state index in [4.69, 9.17) is 15.2 Å². The van der Waals surface area contributed by atoms with Crippen molar-refractivity contribution in [2.75, 3.05) is 13.7 Å². The Morgan fingerprint density at radius 2 is 2.06 bits per heavy atom. The molecule has 3 rings (SSSR count). The van der Waals surface area contributed by atoms with Crippen LogP contribution in [0.3, 0.4) is 0 Å². The summed E-state index contributed by atoms with van der Waals surface area (Å²) >= 11 is 3.40. The molecule has 8 nitrogen and oxygen atoms in total.